The molecule has 2 nitrogen and oxygen atoms in total. The number of imidazole rings is 1. The van der Waals surface area contributed by atoms with Crippen molar-refractivity contribution in [3.05, 3.63) is 51.6 Å². The average molecular weight is 356 g/mol. The Kier molecular flexibility index (Phi) is 2.77. The molecule has 0 amide bonds. The summed E-state index contributed by atoms with van der Waals surface area (Å²) < 4.78 is 27.3. The van der Waals surface area contributed by atoms with Gasteiger partial charge in [-0.1, -0.05) is 12.1 Å². The van der Waals surface area contributed by atoms with Gasteiger partial charge in [0.15, 0.2) is 11.6 Å². The summed E-state index contributed by atoms with van der Waals surface area (Å²) in [6, 6.07) is 9.93. The molecule has 0 spiro atoms. The van der Waals surface area contributed by atoms with Crippen molar-refractivity contribution in [1.82, 2.24) is 9.97 Å². The molecular weight excluding hydrogens is 349 g/mol. The Balaban J connectivity index is 2.19. The molecule has 0 aliphatic heterocycles. The summed E-state index contributed by atoms with van der Waals surface area (Å²) in [4.78, 5) is 7.25. The number of hydrogen-bond donors (Lipinski definition) is 1. The summed E-state index contributed by atoms with van der Waals surface area (Å²) >= 11 is 2.20. The number of aromatic nitrogens is 2. The van der Waals surface area contributed by atoms with E-state index >= 15 is 0 Å². The van der Waals surface area contributed by atoms with Crippen LogP contribution in [0.1, 0.15) is 0 Å². The Labute approximate surface area is 115 Å². The molecule has 1 N–H and O–H groups in total. The molecule has 1 aromatic heterocycles. The molecule has 0 atom stereocenters. The van der Waals surface area contributed by atoms with Gasteiger partial charge in [0.1, 0.15) is 5.82 Å². The molecule has 90 valence electrons. The Hall–Kier alpha value is -1.50. The number of nitrogens with one attached hydrogen (secondary N) is 1. The third-order valence-corrected chi connectivity index (χ3v) is 3.29. The zero-order valence-corrected chi connectivity index (χ0v) is 11.2. The lowest BCUT2D eigenvalue weighted by molar-refractivity contribution is 0.510. The van der Waals surface area contributed by atoms with Crippen LogP contribution in [0.3, 0.4) is 0 Å². The van der Waals surface area contributed by atoms with Gasteiger partial charge in [0, 0.05) is 21.3 Å². The number of H-pyrrole nitrogens is 1. The lowest BCUT2D eigenvalue weighted by Gasteiger charge is -1.96. The van der Waals surface area contributed by atoms with Crippen LogP contribution in [0, 0.1) is 15.2 Å². The van der Waals surface area contributed by atoms with Crippen molar-refractivity contribution in [2.45, 2.75) is 0 Å². The van der Waals surface area contributed by atoms with Gasteiger partial charge in [-0.25, -0.2) is 13.8 Å². The monoisotopic (exact) mass is 356 g/mol. The van der Waals surface area contributed by atoms with E-state index in [1.165, 1.54) is 0 Å². The maximum Gasteiger partial charge on any atom is 0.161 e. The third-order valence-electron chi connectivity index (χ3n) is 2.62. The fraction of sp³-hybridized carbons (Fsp3) is 0. The first-order chi connectivity index (χ1) is 8.63. The highest BCUT2D eigenvalue weighted by Gasteiger charge is 2.09. The molecule has 0 saturated carbocycles. The Morgan fingerprint density at radius 3 is 2.61 bits per heavy atom. The predicted molar refractivity (Wildman–Crippen MR) is 74.2 cm³/mol. The largest absolute Gasteiger partial charge is 0.338 e. The minimum Gasteiger partial charge on any atom is -0.338 e. The van der Waals surface area contributed by atoms with E-state index in [1.807, 2.05) is 24.3 Å². The fourth-order valence-electron chi connectivity index (χ4n) is 1.78. The highest BCUT2D eigenvalue weighted by atomic mass is 127. The number of benzene rings is 2. The maximum absolute atomic E-state index is 13.1. The minimum atomic E-state index is -0.886. The smallest absolute Gasteiger partial charge is 0.161 e. The highest BCUT2D eigenvalue weighted by Crippen LogP contribution is 2.23. The summed E-state index contributed by atoms with van der Waals surface area (Å²) in [6.07, 6.45) is 0. The van der Waals surface area contributed by atoms with E-state index in [-0.39, 0.29) is 0 Å². The SMILES string of the molecule is Fc1cc2nc(-c3cccc(I)c3)[nH]c2cc1F. The van der Waals surface area contributed by atoms with Crippen molar-refractivity contribution in [2.75, 3.05) is 0 Å². The van der Waals surface area contributed by atoms with Crippen molar-refractivity contribution in [3.8, 4) is 11.4 Å². The van der Waals surface area contributed by atoms with Crippen LogP contribution < -0.4 is 0 Å². The Morgan fingerprint density at radius 2 is 1.83 bits per heavy atom. The van der Waals surface area contributed by atoms with Crippen molar-refractivity contribution in [2.24, 2.45) is 0 Å². The van der Waals surface area contributed by atoms with Crippen LogP contribution in [0.15, 0.2) is 36.4 Å². The molecule has 2 aromatic carbocycles. The normalized spacial score (nSPS) is 11.1. The number of fused-ring (bicyclic) bond motifs is 1. The van der Waals surface area contributed by atoms with Gasteiger partial charge in [-0.15, -0.1) is 0 Å². The van der Waals surface area contributed by atoms with E-state index < -0.39 is 11.6 Å². The van der Waals surface area contributed by atoms with Gasteiger partial charge < -0.3 is 4.98 Å². The first-order valence-electron chi connectivity index (χ1n) is 5.24. The fourth-order valence-corrected chi connectivity index (χ4v) is 2.32. The van der Waals surface area contributed by atoms with Crippen LogP contribution in [-0.2, 0) is 0 Å². The molecule has 3 rings (SSSR count). The molecule has 0 aliphatic carbocycles. The molecule has 0 aliphatic rings. The van der Waals surface area contributed by atoms with Crippen LogP contribution in [0.4, 0.5) is 8.78 Å². The Morgan fingerprint density at radius 1 is 1.06 bits per heavy atom. The second-order valence-electron chi connectivity index (χ2n) is 3.88. The third kappa shape index (κ3) is 1.98. The standard InChI is InChI=1S/C13H7F2IN2/c14-9-5-11-12(6-10(9)15)18-13(17-11)7-2-1-3-8(16)4-7/h1-6H,(H,17,18). The molecule has 0 bridgehead atoms. The summed E-state index contributed by atoms with van der Waals surface area (Å²) in [7, 11) is 0. The van der Waals surface area contributed by atoms with Crippen molar-refractivity contribution >= 4 is 33.6 Å². The van der Waals surface area contributed by atoms with Gasteiger partial charge in [0.25, 0.3) is 0 Å². The number of nitrogens with zero attached hydrogens (tertiary/aromatic N) is 1. The lowest BCUT2D eigenvalue weighted by atomic mass is 10.2. The zero-order chi connectivity index (χ0) is 12.7. The molecule has 0 radical (unpaired) electrons. The van der Waals surface area contributed by atoms with Crippen LogP contribution in [-0.4, -0.2) is 9.97 Å². The van der Waals surface area contributed by atoms with Gasteiger partial charge in [0.05, 0.1) is 11.0 Å². The summed E-state index contributed by atoms with van der Waals surface area (Å²) in [5, 5.41) is 0. The van der Waals surface area contributed by atoms with E-state index in [0.717, 1.165) is 21.3 Å². The van der Waals surface area contributed by atoms with E-state index in [9.17, 15) is 8.78 Å². The molecule has 0 fully saturated rings. The van der Waals surface area contributed by atoms with Crippen LogP contribution in [0.25, 0.3) is 22.4 Å². The van der Waals surface area contributed by atoms with Crippen molar-refractivity contribution < 1.29 is 8.78 Å². The Bertz CT molecular complexity index is 698. The molecular formula is C13H7F2IN2. The van der Waals surface area contributed by atoms with E-state index in [4.69, 9.17) is 0 Å². The van der Waals surface area contributed by atoms with Crippen LogP contribution >= 0.6 is 22.6 Å². The second-order valence-corrected chi connectivity index (χ2v) is 5.12. The van der Waals surface area contributed by atoms with E-state index in [1.54, 1.807) is 0 Å². The van der Waals surface area contributed by atoms with Gasteiger partial charge >= 0.3 is 0 Å². The predicted octanol–water partition coefficient (Wildman–Crippen LogP) is 4.11. The lowest BCUT2D eigenvalue weighted by Crippen LogP contribution is -1.82. The van der Waals surface area contributed by atoms with Crippen molar-refractivity contribution in [3.63, 3.8) is 0 Å². The van der Waals surface area contributed by atoms with Crippen LogP contribution in [0.5, 0.6) is 0 Å². The molecule has 0 unspecified atom stereocenters. The molecule has 18 heavy (non-hydrogen) atoms. The second kappa shape index (κ2) is 4.31. The van der Waals surface area contributed by atoms with E-state index in [0.29, 0.717) is 16.9 Å². The molecule has 1 heterocycles. The first-order valence-corrected chi connectivity index (χ1v) is 6.32. The number of aromatic amines is 1. The molecule has 5 heteroatoms. The van der Waals surface area contributed by atoms with E-state index in [2.05, 4.69) is 32.6 Å². The van der Waals surface area contributed by atoms with Gasteiger partial charge in [-0.3, -0.25) is 0 Å². The minimum absolute atomic E-state index is 0.419. The van der Waals surface area contributed by atoms with Crippen LogP contribution in [0.2, 0.25) is 0 Å². The number of halogens is 3. The quantitative estimate of drug-likeness (QED) is 0.653. The summed E-state index contributed by atoms with van der Waals surface area (Å²) in [5.41, 5.74) is 1.80. The molecule has 3 aromatic rings. The zero-order valence-electron chi connectivity index (χ0n) is 9.05. The molecule has 0 saturated heterocycles. The summed E-state index contributed by atoms with van der Waals surface area (Å²) in [5.74, 6) is -1.16. The summed E-state index contributed by atoms with van der Waals surface area (Å²) in [6.45, 7) is 0. The van der Waals surface area contributed by atoms with Gasteiger partial charge in [-0.05, 0) is 34.7 Å². The van der Waals surface area contributed by atoms with Gasteiger partial charge in [0.2, 0.25) is 0 Å². The maximum atomic E-state index is 13.1. The topological polar surface area (TPSA) is 28.7 Å². The number of hydrogen-bond acceptors (Lipinski definition) is 1. The highest BCUT2D eigenvalue weighted by molar-refractivity contribution is 14.1. The van der Waals surface area contributed by atoms with Gasteiger partial charge in [-0.2, -0.15) is 0 Å². The average Bonchev–Trinajstić information content (AvgIpc) is 2.73. The number of rotatable bonds is 1. The first kappa shape index (κ1) is 11.6. The van der Waals surface area contributed by atoms with Crippen molar-refractivity contribution in [1.29, 1.82) is 0 Å².